The molecule has 0 aliphatic rings. The number of nitrogens with one attached hydrogen (secondary N) is 1. The van der Waals surface area contributed by atoms with E-state index in [1.165, 1.54) is 6.26 Å². The average molecular weight is 289 g/mol. The van der Waals surface area contributed by atoms with Crippen LogP contribution in [0.4, 0.5) is 0 Å². The molecule has 0 fully saturated rings. The molecule has 19 heavy (non-hydrogen) atoms. The van der Waals surface area contributed by atoms with Gasteiger partial charge in [-0.2, -0.15) is 0 Å². The quantitative estimate of drug-likeness (QED) is 0.788. The van der Waals surface area contributed by atoms with Crippen molar-refractivity contribution in [2.24, 2.45) is 0 Å². The summed E-state index contributed by atoms with van der Waals surface area (Å²) < 4.78 is 24.1. The van der Waals surface area contributed by atoms with E-state index in [1.54, 1.807) is 18.5 Å². The molecule has 8 heteroatoms. The molecule has 1 N–H and O–H groups in total. The third kappa shape index (κ3) is 3.97. The Kier molecular flexibility index (Phi) is 5.03. The van der Waals surface area contributed by atoms with Crippen LogP contribution in [0.5, 0.6) is 0 Å². The molecule has 7 nitrogen and oxygen atoms in total. The van der Waals surface area contributed by atoms with Crippen molar-refractivity contribution in [3.63, 3.8) is 0 Å². The van der Waals surface area contributed by atoms with E-state index in [2.05, 4.69) is 27.8 Å². The normalized spacial score (nSPS) is 14.6. The van der Waals surface area contributed by atoms with E-state index in [0.717, 1.165) is 13.0 Å². The molecule has 0 aliphatic carbocycles. The van der Waals surface area contributed by atoms with Crippen LogP contribution >= 0.6 is 0 Å². The first-order valence-corrected chi connectivity index (χ1v) is 8.27. The number of sulfone groups is 1. The lowest BCUT2D eigenvalue weighted by Gasteiger charge is -2.23. The zero-order valence-electron chi connectivity index (χ0n) is 12.2. The lowest BCUT2D eigenvalue weighted by atomic mass is 10.2. The van der Waals surface area contributed by atoms with E-state index in [4.69, 9.17) is 0 Å². The fourth-order valence-electron chi connectivity index (χ4n) is 1.56. The van der Waals surface area contributed by atoms with Crippen LogP contribution in [0.1, 0.15) is 46.0 Å². The molecule has 0 amide bonds. The Hall–Kier alpha value is -1.02. The van der Waals surface area contributed by atoms with E-state index in [1.807, 2.05) is 6.92 Å². The number of hydrogen-bond acceptors (Lipinski definition) is 6. The van der Waals surface area contributed by atoms with Crippen molar-refractivity contribution in [2.45, 2.75) is 51.4 Å². The fourth-order valence-corrected chi connectivity index (χ4v) is 1.92. The van der Waals surface area contributed by atoms with Crippen LogP contribution in [0, 0.1) is 0 Å². The Labute approximate surface area is 114 Å². The third-order valence-electron chi connectivity index (χ3n) is 3.18. The molecule has 0 saturated heterocycles. The number of nitrogens with zero attached hydrogens (tertiary/aromatic N) is 4. The Morgan fingerprint density at radius 1 is 1.42 bits per heavy atom. The molecule has 1 atom stereocenters. The Balaban J connectivity index is 2.90. The Morgan fingerprint density at radius 2 is 2.05 bits per heavy atom. The van der Waals surface area contributed by atoms with Crippen LogP contribution in [0.2, 0.25) is 0 Å². The highest BCUT2D eigenvalue weighted by molar-refractivity contribution is 7.92. The molecule has 0 aliphatic heterocycles. The number of hydrogen-bond donors (Lipinski definition) is 1. The van der Waals surface area contributed by atoms with Crippen LogP contribution in [-0.2, 0) is 16.4 Å². The maximum atomic E-state index is 11.7. The summed E-state index contributed by atoms with van der Waals surface area (Å²) in [6, 6.07) is -0.00897. The van der Waals surface area contributed by atoms with Gasteiger partial charge in [-0.1, -0.05) is 6.92 Å². The minimum Gasteiger partial charge on any atom is -0.307 e. The van der Waals surface area contributed by atoms with E-state index in [-0.39, 0.29) is 12.6 Å². The van der Waals surface area contributed by atoms with Gasteiger partial charge in [0.25, 0.3) is 0 Å². The van der Waals surface area contributed by atoms with Gasteiger partial charge < -0.3 is 5.32 Å². The van der Waals surface area contributed by atoms with Crippen LogP contribution in [0.3, 0.4) is 0 Å². The zero-order valence-corrected chi connectivity index (χ0v) is 13.0. The fraction of sp³-hybridized carbons (Fsp3) is 0.909. The topological polar surface area (TPSA) is 89.8 Å². The van der Waals surface area contributed by atoms with Gasteiger partial charge >= 0.3 is 0 Å². The lowest BCUT2D eigenvalue weighted by Crippen LogP contribution is -2.37. The summed E-state index contributed by atoms with van der Waals surface area (Å²) in [6.45, 7) is 8.51. The second-order valence-electron chi connectivity index (χ2n) is 5.40. The van der Waals surface area contributed by atoms with Gasteiger partial charge in [0.2, 0.25) is 0 Å². The van der Waals surface area contributed by atoms with Gasteiger partial charge in [-0.15, -0.1) is 5.10 Å². The molecular formula is C11H23N5O2S. The molecule has 0 radical (unpaired) electrons. The van der Waals surface area contributed by atoms with Crippen molar-refractivity contribution < 1.29 is 8.42 Å². The van der Waals surface area contributed by atoms with Gasteiger partial charge in [0.15, 0.2) is 15.7 Å². The van der Waals surface area contributed by atoms with Crippen molar-refractivity contribution >= 4 is 9.84 Å². The summed E-state index contributed by atoms with van der Waals surface area (Å²) >= 11 is 0. The second-order valence-corrected chi connectivity index (χ2v) is 8.05. The summed E-state index contributed by atoms with van der Waals surface area (Å²) in [5.74, 6) is 0.658. The second kappa shape index (κ2) is 5.96. The van der Waals surface area contributed by atoms with Crippen molar-refractivity contribution in [3.8, 4) is 0 Å². The van der Waals surface area contributed by atoms with Crippen LogP contribution in [-0.4, -0.2) is 46.2 Å². The minimum atomic E-state index is -3.17. The predicted molar refractivity (Wildman–Crippen MR) is 73.4 cm³/mol. The zero-order chi connectivity index (χ0) is 14.7. The molecule has 1 rings (SSSR count). The Bertz CT molecular complexity index is 509. The highest BCUT2D eigenvalue weighted by Crippen LogP contribution is 2.19. The average Bonchev–Trinajstić information content (AvgIpc) is 2.71. The van der Waals surface area contributed by atoms with Gasteiger partial charge in [0.1, 0.15) is 0 Å². The van der Waals surface area contributed by atoms with Gasteiger partial charge in [-0.25, -0.2) is 13.1 Å². The first kappa shape index (κ1) is 16.0. The van der Waals surface area contributed by atoms with Gasteiger partial charge in [-0.3, -0.25) is 0 Å². The van der Waals surface area contributed by atoms with E-state index in [9.17, 15) is 8.42 Å². The van der Waals surface area contributed by atoms with Crippen molar-refractivity contribution in [3.05, 3.63) is 5.82 Å². The molecule has 0 saturated carbocycles. The van der Waals surface area contributed by atoms with E-state index >= 15 is 0 Å². The van der Waals surface area contributed by atoms with Crippen molar-refractivity contribution in [1.82, 2.24) is 25.5 Å². The smallest absolute Gasteiger partial charge is 0.167 e. The SMILES string of the molecule is CCCNC(C)c1nnnn1CC(C)(C)S(C)(=O)=O. The van der Waals surface area contributed by atoms with E-state index < -0.39 is 14.6 Å². The summed E-state index contributed by atoms with van der Waals surface area (Å²) in [5, 5.41) is 14.8. The van der Waals surface area contributed by atoms with Gasteiger partial charge in [0, 0.05) is 6.26 Å². The molecule has 0 bridgehead atoms. The molecule has 1 aromatic rings. The largest absolute Gasteiger partial charge is 0.307 e. The number of aromatic nitrogens is 4. The molecule has 1 aromatic heterocycles. The Morgan fingerprint density at radius 3 is 2.58 bits per heavy atom. The third-order valence-corrected chi connectivity index (χ3v) is 5.32. The molecular weight excluding hydrogens is 266 g/mol. The number of rotatable bonds is 7. The van der Waals surface area contributed by atoms with Crippen molar-refractivity contribution in [2.75, 3.05) is 12.8 Å². The summed E-state index contributed by atoms with van der Waals surface area (Å²) in [7, 11) is -3.17. The molecule has 1 heterocycles. The lowest BCUT2D eigenvalue weighted by molar-refractivity contribution is 0.433. The number of tetrazole rings is 1. The van der Waals surface area contributed by atoms with Crippen LogP contribution in [0.25, 0.3) is 0 Å². The minimum absolute atomic E-state index is 0.00897. The molecule has 0 spiro atoms. The summed E-state index contributed by atoms with van der Waals surface area (Å²) in [5.41, 5.74) is 0. The van der Waals surface area contributed by atoms with Crippen molar-refractivity contribution in [1.29, 1.82) is 0 Å². The van der Waals surface area contributed by atoms with Crippen LogP contribution in [0.15, 0.2) is 0 Å². The maximum absolute atomic E-state index is 11.7. The first-order valence-electron chi connectivity index (χ1n) is 6.38. The molecule has 1 unspecified atom stereocenters. The highest BCUT2D eigenvalue weighted by Gasteiger charge is 2.32. The highest BCUT2D eigenvalue weighted by atomic mass is 32.2. The summed E-state index contributed by atoms with van der Waals surface area (Å²) in [4.78, 5) is 0. The maximum Gasteiger partial charge on any atom is 0.167 e. The summed E-state index contributed by atoms with van der Waals surface area (Å²) in [6.07, 6.45) is 2.25. The predicted octanol–water partition coefficient (Wildman–Crippen LogP) is 0.557. The standard InChI is InChI=1S/C11H23N5O2S/c1-6-7-12-9(2)10-13-14-15-16(10)8-11(3,4)19(5,17)18/h9,12H,6-8H2,1-5H3. The van der Waals surface area contributed by atoms with E-state index in [0.29, 0.717) is 5.82 Å². The van der Waals surface area contributed by atoms with Crippen LogP contribution < -0.4 is 5.32 Å². The monoisotopic (exact) mass is 289 g/mol. The first-order chi connectivity index (χ1) is 8.69. The molecule has 110 valence electrons. The molecule has 0 aromatic carbocycles. The van der Waals surface area contributed by atoms with Gasteiger partial charge in [-0.05, 0) is 44.2 Å². The van der Waals surface area contributed by atoms with Gasteiger partial charge in [0.05, 0.1) is 17.3 Å².